The zero-order valence-corrected chi connectivity index (χ0v) is 14.4. The predicted molar refractivity (Wildman–Crippen MR) is 96.2 cm³/mol. The fourth-order valence-electron chi connectivity index (χ4n) is 4.37. The molecule has 2 aliphatic rings. The van der Waals surface area contributed by atoms with Crippen molar-refractivity contribution in [2.75, 3.05) is 11.4 Å². The van der Waals surface area contributed by atoms with E-state index < -0.39 is 0 Å². The maximum Gasteiger partial charge on any atom is 0.242 e. The van der Waals surface area contributed by atoms with E-state index in [9.17, 15) is 4.79 Å². The summed E-state index contributed by atoms with van der Waals surface area (Å²) >= 11 is 0. The molecule has 25 heavy (non-hydrogen) atoms. The van der Waals surface area contributed by atoms with Crippen LogP contribution >= 0.6 is 0 Å². The van der Waals surface area contributed by atoms with Gasteiger partial charge in [-0.05, 0) is 43.4 Å². The van der Waals surface area contributed by atoms with Crippen LogP contribution in [0.3, 0.4) is 0 Å². The molecule has 1 aliphatic heterocycles. The minimum atomic E-state index is -0.154. The molecular weight excluding hydrogens is 314 g/mol. The summed E-state index contributed by atoms with van der Waals surface area (Å²) < 4.78 is 0. The molecule has 0 aromatic carbocycles. The summed E-state index contributed by atoms with van der Waals surface area (Å²) in [6.45, 7) is 0.647. The largest absolute Gasteiger partial charge is 0.365 e. The van der Waals surface area contributed by atoms with Crippen LogP contribution in [0.15, 0.2) is 36.8 Å². The van der Waals surface area contributed by atoms with Crippen LogP contribution in [-0.2, 0) is 11.2 Å². The van der Waals surface area contributed by atoms with E-state index >= 15 is 0 Å². The summed E-state index contributed by atoms with van der Waals surface area (Å²) in [5, 5.41) is 3.12. The second-order valence-corrected chi connectivity index (χ2v) is 7.06. The Morgan fingerprint density at radius 2 is 2.08 bits per heavy atom. The zero-order chi connectivity index (χ0) is 17.1. The van der Waals surface area contributed by atoms with Crippen molar-refractivity contribution in [3.8, 4) is 0 Å². The van der Waals surface area contributed by atoms with Gasteiger partial charge in [0.1, 0.15) is 6.04 Å². The number of aromatic amines is 1. The highest BCUT2D eigenvalue weighted by Gasteiger charge is 2.46. The third-order valence-corrected chi connectivity index (χ3v) is 5.53. The van der Waals surface area contributed by atoms with Crippen LogP contribution in [0.4, 0.5) is 5.95 Å². The van der Waals surface area contributed by atoms with Gasteiger partial charge in [0.25, 0.3) is 0 Å². The lowest BCUT2D eigenvalue weighted by Crippen LogP contribution is -2.48. The topological polar surface area (TPSA) is 73.9 Å². The van der Waals surface area contributed by atoms with Gasteiger partial charge in [-0.1, -0.05) is 12.8 Å². The molecule has 6 nitrogen and oxygen atoms in total. The van der Waals surface area contributed by atoms with Crippen LogP contribution in [0.5, 0.6) is 0 Å². The molecule has 1 saturated carbocycles. The molecule has 2 aromatic rings. The molecule has 1 amide bonds. The van der Waals surface area contributed by atoms with Gasteiger partial charge in [0.15, 0.2) is 0 Å². The second-order valence-electron chi connectivity index (χ2n) is 7.06. The molecule has 132 valence electrons. The number of rotatable bonds is 5. The lowest BCUT2D eigenvalue weighted by Gasteiger charge is -2.33. The van der Waals surface area contributed by atoms with Gasteiger partial charge >= 0.3 is 0 Å². The molecule has 1 saturated heterocycles. The van der Waals surface area contributed by atoms with E-state index in [0.29, 0.717) is 24.5 Å². The number of aromatic nitrogens is 3. The van der Waals surface area contributed by atoms with Gasteiger partial charge in [-0.3, -0.25) is 4.79 Å². The standard InChI is InChI=1S/C19H25N5O/c25-18(21-12-8-15-6-3-9-20-15)17-13-14-5-1-2-7-16(14)24(17)19-22-10-4-11-23-19/h3-4,6,9-11,14,16-17,20H,1-2,5,7-8,12-13H2,(H,21,25)/t14-,16+,17+/m1/s1. The highest BCUT2D eigenvalue weighted by atomic mass is 16.2. The molecule has 6 heteroatoms. The van der Waals surface area contributed by atoms with E-state index in [0.717, 1.165) is 25.0 Å². The number of carbonyl (C=O) groups excluding carboxylic acids is 1. The molecule has 3 atom stereocenters. The predicted octanol–water partition coefficient (Wildman–Crippen LogP) is 2.30. The van der Waals surface area contributed by atoms with Crippen LogP contribution in [0.1, 0.15) is 37.8 Å². The first kappa shape index (κ1) is 16.1. The quantitative estimate of drug-likeness (QED) is 0.877. The number of amides is 1. The molecule has 1 aliphatic carbocycles. The van der Waals surface area contributed by atoms with Crippen molar-refractivity contribution in [1.82, 2.24) is 20.3 Å². The van der Waals surface area contributed by atoms with E-state index in [4.69, 9.17) is 0 Å². The van der Waals surface area contributed by atoms with Gasteiger partial charge in [0, 0.05) is 43.3 Å². The molecule has 0 bridgehead atoms. The Morgan fingerprint density at radius 1 is 1.24 bits per heavy atom. The van der Waals surface area contributed by atoms with Crippen molar-refractivity contribution < 1.29 is 4.79 Å². The molecule has 2 fully saturated rings. The SMILES string of the molecule is O=C(NCCc1ccc[nH]1)[C@@H]1C[C@H]2CCCC[C@@H]2N1c1ncccn1. The summed E-state index contributed by atoms with van der Waals surface area (Å²) in [6, 6.07) is 6.09. The normalized spacial score (nSPS) is 25.6. The third-order valence-electron chi connectivity index (χ3n) is 5.53. The maximum atomic E-state index is 12.9. The van der Waals surface area contributed by atoms with Crippen LogP contribution in [0.2, 0.25) is 0 Å². The Labute approximate surface area is 148 Å². The summed E-state index contributed by atoms with van der Waals surface area (Å²) in [6.07, 6.45) is 12.0. The van der Waals surface area contributed by atoms with E-state index in [1.165, 1.54) is 19.3 Å². The van der Waals surface area contributed by atoms with Gasteiger partial charge in [-0.15, -0.1) is 0 Å². The minimum Gasteiger partial charge on any atom is -0.365 e. The number of fused-ring (bicyclic) bond motifs is 1. The number of hydrogen-bond donors (Lipinski definition) is 2. The van der Waals surface area contributed by atoms with Crippen LogP contribution in [0, 0.1) is 5.92 Å². The number of nitrogens with zero attached hydrogens (tertiary/aromatic N) is 3. The molecule has 2 N–H and O–H groups in total. The van der Waals surface area contributed by atoms with Crippen LogP contribution in [-0.4, -0.2) is 39.5 Å². The highest BCUT2D eigenvalue weighted by Crippen LogP contribution is 2.41. The lowest BCUT2D eigenvalue weighted by molar-refractivity contribution is -0.122. The van der Waals surface area contributed by atoms with Gasteiger partial charge in [0.2, 0.25) is 11.9 Å². The number of nitrogens with one attached hydrogen (secondary N) is 2. The van der Waals surface area contributed by atoms with E-state index in [1.807, 2.05) is 24.4 Å². The van der Waals surface area contributed by atoms with Gasteiger partial charge < -0.3 is 15.2 Å². The van der Waals surface area contributed by atoms with E-state index in [2.05, 4.69) is 25.2 Å². The fraction of sp³-hybridized carbons (Fsp3) is 0.526. The molecule has 3 heterocycles. The number of anilines is 1. The van der Waals surface area contributed by atoms with Gasteiger partial charge in [0.05, 0.1) is 0 Å². The zero-order valence-electron chi connectivity index (χ0n) is 14.4. The number of carbonyl (C=O) groups is 1. The lowest BCUT2D eigenvalue weighted by atomic mass is 9.85. The van der Waals surface area contributed by atoms with Crippen molar-refractivity contribution in [3.05, 3.63) is 42.5 Å². The first-order valence-corrected chi connectivity index (χ1v) is 9.28. The first-order valence-electron chi connectivity index (χ1n) is 9.28. The van der Waals surface area contributed by atoms with E-state index in [-0.39, 0.29) is 11.9 Å². The Bertz CT molecular complexity index is 687. The van der Waals surface area contributed by atoms with Crippen LogP contribution in [0.25, 0.3) is 0 Å². The average Bonchev–Trinajstić information content (AvgIpc) is 3.30. The van der Waals surface area contributed by atoms with Crippen molar-refractivity contribution >= 4 is 11.9 Å². The molecule has 0 radical (unpaired) electrons. The molecule has 0 spiro atoms. The Kier molecular flexibility index (Phi) is 4.68. The number of H-pyrrole nitrogens is 1. The van der Waals surface area contributed by atoms with Crippen LogP contribution < -0.4 is 10.2 Å². The van der Waals surface area contributed by atoms with E-state index in [1.54, 1.807) is 12.4 Å². The Balaban J connectivity index is 1.46. The van der Waals surface area contributed by atoms with Crippen molar-refractivity contribution in [3.63, 3.8) is 0 Å². The van der Waals surface area contributed by atoms with Gasteiger partial charge in [-0.25, -0.2) is 9.97 Å². The summed E-state index contributed by atoms with van der Waals surface area (Å²) in [5.74, 6) is 1.38. The summed E-state index contributed by atoms with van der Waals surface area (Å²) in [7, 11) is 0. The van der Waals surface area contributed by atoms with Crippen molar-refractivity contribution in [2.24, 2.45) is 5.92 Å². The maximum absolute atomic E-state index is 12.9. The van der Waals surface area contributed by atoms with Gasteiger partial charge in [-0.2, -0.15) is 0 Å². The Hall–Kier alpha value is -2.37. The fourth-order valence-corrected chi connectivity index (χ4v) is 4.37. The monoisotopic (exact) mass is 339 g/mol. The van der Waals surface area contributed by atoms with Crippen molar-refractivity contribution in [2.45, 2.75) is 50.6 Å². The molecule has 4 rings (SSSR count). The summed E-state index contributed by atoms with van der Waals surface area (Å²) in [5.41, 5.74) is 1.14. The third kappa shape index (κ3) is 3.38. The summed E-state index contributed by atoms with van der Waals surface area (Å²) in [4.78, 5) is 27.1. The number of hydrogen-bond acceptors (Lipinski definition) is 4. The second kappa shape index (κ2) is 7.25. The molecule has 0 unspecified atom stereocenters. The highest BCUT2D eigenvalue weighted by molar-refractivity contribution is 5.85. The van der Waals surface area contributed by atoms with Crippen molar-refractivity contribution in [1.29, 1.82) is 0 Å². The average molecular weight is 339 g/mol. The first-order chi connectivity index (χ1) is 12.3. The minimum absolute atomic E-state index is 0.105. The smallest absolute Gasteiger partial charge is 0.242 e. The molecular formula is C19H25N5O. The Morgan fingerprint density at radius 3 is 2.88 bits per heavy atom. The molecule has 2 aromatic heterocycles.